The van der Waals surface area contributed by atoms with Crippen molar-refractivity contribution in [2.75, 3.05) is 0 Å². The molecule has 1 heteroatoms. The van der Waals surface area contributed by atoms with Gasteiger partial charge in [-0.2, -0.15) is 0 Å². The second kappa shape index (κ2) is 2.45. The van der Waals surface area contributed by atoms with Gasteiger partial charge in [0, 0.05) is 12.3 Å². The van der Waals surface area contributed by atoms with Gasteiger partial charge in [-0.3, -0.25) is 4.79 Å². The molecule has 0 aliphatic heterocycles. The minimum atomic E-state index is 0.254. The van der Waals surface area contributed by atoms with E-state index in [9.17, 15) is 4.79 Å². The number of hydrogen-bond acceptors (Lipinski definition) is 1. The average Bonchev–Trinajstić information content (AvgIpc) is 2.31. The van der Waals surface area contributed by atoms with Crippen LogP contribution in [0.5, 0.6) is 0 Å². The SMILES string of the molecule is CC1(C)CC(=O)C2C=CCC2C1. The summed E-state index contributed by atoms with van der Waals surface area (Å²) >= 11 is 0. The Kier molecular flexibility index (Phi) is 1.64. The molecule has 2 unspecified atom stereocenters. The molecule has 12 heavy (non-hydrogen) atoms. The number of carbonyl (C=O) groups excluding carboxylic acids is 1. The number of rotatable bonds is 0. The molecule has 1 fully saturated rings. The molecule has 2 rings (SSSR count). The number of ketones is 1. The molecule has 1 nitrogen and oxygen atoms in total. The molecule has 2 aliphatic carbocycles. The largest absolute Gasteiger partial charge is 0.299 e. The molecule has 0 aromatic heterocycles. The smallest absolute Gasteiger partial charge is 0.140 e. The lowest BCUT2D eigenvalue weighted by Crippen LogP contribution is -2.34. The van der Waals surface area contributed by atoms with Crippen LogP contribution < -0.4 is 0 Å². The second-order valence-electron chi connectivity index (χ2n) is 4.96. The van der Waals surface area contributed by atoms with Gasteiger partial charge in [-0.1, -0.05) is 26.0 Å². The first-order valence-corrected chi connectivity index (χ1v) is 4.78. The maximum Gasteiger partial charge on any atom is 0.140 e. The monoisotopic (exact) mass is 164 g/mol. The number of Topliss-reactive ketones (excluding diaryl/α,β-unsaturated/α-hetero) is 1. The predicted octanol–water partition coefficient (Wildman–Crippen LogP) is 2.57. The summed E-state index contributed by atoms with van der Waals surface area (Å²) in [5.41, 5.74) is 0.254. The number of allylic oxidation sites excluding steroid dienone is 2. The van der Waals surface area contributed by atoms with Gasteiger partial charge in [-0.05, 0) is 24.2 Å². The van der Waals surface area contributed by atoms with Gasteiger partial charge in [0.2, 0.25) is 0 Å². The summed E-state index contributed by atoms with van der Waals surface area (Å²) in [5, 5.41) is 0. The molecule has 0 amide bonds. The van der Waals surface area contributed by atoms with Crippen LogP contribution in [0, 0.1) is 17.3 Å². The first-order chi connectivity index (χ1) is 5.58. The Balaban J connectivity index is 2.19. The minimum Gasteiger partial charge on any atom is -0.299 e. The third kappa shape index (κ3) is 1.21. The fraction of sp³-hybridized carbons (Fsp3) is 0.727. The van der Waals surface area contributed by atoms with Crippen LogP contribution in [0.25, 0.3) is 0 Å². The zero-order chi connectivity index (χ0) is 8.77. The number of hydrogen-bond donors (Lipinski definition) is 0. The molecule has 2 atom stereocenters. The van der Waals surface area contributed by atoms with Gasteiger partial charge < -0.3 is 0 Å². The summed E-state index contributed by atoms with van der Waals surface area (Å²) in [4.78, 5) is 11.6. The highest BCUT2D eigenvalue weighted by Crippen LogP contribution is 2.44. The topological polar surface area (TPSA) is 17.1 Å². The molecule has 0 saturated heterocycles. The van der Waals surface area contributed by atoms with Crippen LogP contribution in [0.15, 0.2) is 12.2 Å². The highest BCUT2D eigenvalue weighted by atomic mass is 16.1. The second-order valence-corrected chi connectivity index (χ2v) is 4.96. The molecule has 1 saturated carbocycles. The Bertz CT molecular complexity index is 237. The van der Waals surface area contributed by atoms with Crippen molar-refractivity contribution in [2.45, 2.75) is 33.1 Å². The fourth-order valence-electron chi connectivity index (χ4n) is 2.66. The van der Waals surface area contributed by atoms with E-state index in [2.05, 4.69) is 26.0 Å². The van der Waals surface area contributed by atoms with E-state index in [-0.39, 0.29) is 11.3 Å². The van der Waals surface area contributed by atoms with E-state index in [0.717, 1.165) is 12.8 Å². The van der Waals surface area contributed by atoms with Crippen molar-refractivity contribution in [1.82, 2.24) is 0 Å². The summed E-state index contributed by atoms with van der Waals surface area (Å²) in [6, 6.07) is 0. The van der Waals surface area contributed by atoms with Crippen molar-refractivity contribution in [3.63, 3.8) is 0 Å². The van der Waals surface area contributed by atoms with Gasteiger partial charge in [0.05, 0.1) is 0 Å². The summed E-state index contributed by atoms with van der Waals surface area (Å²) in [6.45, 7) is 4.42. The van der Waals surface area contributed by atoms with E-state index in [1.807, 2.05) is 0 Å². The third-order valence-electron chi connectivity index (χ3n) is 3.13. The highest BCUT2D eigenvalue weighted by molar-refractivity contribution is 5.84. The van der Waals surface area contributed by atoms with Crippen molar-refractivity contribution in [3.05, 3.63) is 12.2 Å². The van der Waals surface area contributed by atoms with E-state index >= 15 is 0 Å². The average molecular weight is 164 g/mol. The van der Waals surface area contributed by atoms with Crippen LogP contribution in [0.2, 0.25) is 0 Å². The van der Waals surface area contributed by atoms with Crippen LogP contribution in [-0.4, -0.2) is 5.78 Å². The normalized spacial score (nSPS) is 38.3. The van der Waals surface area contributed by atoms with Gasteiger partial charge in [0.25, 0.3) is 0 Å². The summed E-state index contributed by atoms with van der Waals surface area (Å²) in [5.74, 6) is 1.37. The van der Waals surface area contributed by atoms with Crippen LogP contribution >= 0.6 is 0 Å². The molecular weight excluding hydrogens is 148 g/mol. The third-order valence-corrected chi connectivity index (χ3v) is 3.13. The first-order valence-electron chi connectivity index (χ1n) is 4.78. The molecule has 0 N–H and O–H groups in total. The molecule has 2 aliphatic rings. The lowest BCUT2D eigenvalue weighted by atomic mass is 9.67. The Morgan fingerprint density at radius 3 is 3.00 bits per heavy atom. The first kappa shape index (κ1) is 8.03. The van der Waals surface area contributed by atoms with Gasteiger partial charge in [0.1, 0.15) is 5.78 Å². The van der Waals surface area contributed by atoms with Crippen molar-refractivity contribution in [3.8, 4) is 0 Å². The van der Waals surface area contributed by atoms with Crippen molar-refractivity contribution in [2.24, 2.45) is 17.3 Å². The number of carbonyl (C=O) groups is 1. The van der Waals surface area contributed by atoms with E-state index in [0.29, 0.717) is 11.7 Å². The molecule has 0 bridgehead atoms. The summed E-state index contributed by atoms with van der Waals surface area (Å²) in [7, 11) is 0. The molecule has 0 spiro atoms. The maximum absolute atomic E-state index is 11.6. The summed E-state index contributed by atoms with van der Waals surface area (Å²) in [6.07, 6.45) is 7.41. The van der Waals surface area contributed by atoms with Crippen molar-refractivity contribution >= 4 is 5.78 Å². The van der Waals surface area contributed by atoms with Crippen LogP contribution in [0.1, 0.15) is 33.1 Å². The van der Waals surface area contributed by atoms with Crippen LogP contribution in [-0.2, 0) is 4.79 Å². The molecule has 0 aromatic rings. The van der Waals surface area contributed by atoms with E-state index < -0.39 is 0 Å². The van der Waals surface area contributed by atoms with Crippen LogP contribution in [0.3, 0.4) is 0 Å². The standard InChI is InChI=1S/C11H16O/c1-11(2)6-8-4-3-5-9(8)10(12)7-11/h3,5,8-9H,4,6-7H2,1-2H3. The highest BCUT2D eigenvalue weighted by Gasteiger charge is 2.40. The Morgan fingerprint density at radius 1 is 1.50 bits per heavy atom. The Hall–Kier alpha value is -0.590. The lowest BCUT2D eigenvalue weighted by molar-refractivity contribution is -0.128. The fourth-order valence-corrected chi connectivity index (χ4v) is 2.66. The predicted molar refractivity (Wildman–Crippen MR) is 48.8 cm³/mol. The van der Waals surface area contributed by atoms with E-state index in [1.54, 1.807) is 0 Å². The Labute approximate surface area is 73.8 Å². The van der Waals surface area contributed by atoms with Gasteiger partial charge in [0.15, 0.2) is 0 Å². The molecule has 0 radical (unpaired) electrons. The maximum atomic E-state index is 11.6. The van der Waals surface area contributed by atoms with Crippen molar-refractivity contribution < 1.29 is 4.79 Å². The van der Waals surface area contributed by atoms with E-state index in [1.165, 1.54) is 6.42 Å². The zero-order valence-electron chi connectivity index (χ0n) is 7.84. The summed E-state index contributed by atoms with van der Waals surface area (Å²) < 4.78 is 0. The molecule has 0 heterocycles. The van der Waals surface area contributed by atoms with E-state index in [4.69, 9.17) is 0 Å². The molecule has 66 valence electrons. The zero-order valence-corrected chi connectivity index (χ0v) is 7.84. The quantitative estimate of drug-likeness (QED) is 0.503. The minimum absolute atomic E-state index is 0.254. The van der Waals surface area contributed by atoms with Crippen molar-refractivity contribution in [1.29, 1.82) is 0 Å². The Morgan fingerprint density at radius 2 is 2.25 bits per heavy atom. The van der Waals surface area contributed by atoms with Gasteiger partial charge in [-0.25, -0.2) is 0 Å². The lowest BCUT2D eigenvalue weighted by Gasteiger charge is -2.36. The van der Waals surface area contributed by atoms with Crippen LogP contribution in [0.4, 0.5) is 0 Å². The number of fused-ring (bicyclic) bond motifs is 1. The van der Waals surface area contributed by atoms with Gasteiger partial charge >= 0.3 is 0 Å². The van der Waals surface area contributed by atoms with Gasteiger partial charge in [-0.15, -0.1) is 0 Å². The molecular formula is C11H16O. The molecule has 0 aromatic carbocycles.